The maximum atomic E-state index is 5.45. The van der Waals surface area contributed by atoms with E-state index in [0.29, 0.717) is 81.2 Å². The molecule has 1 rings (SSSR count). The zero-order valence-corrected chi connectivity index (χ0v) is 20.1. The van der Waals surface area contributed by atoms with Gasteiger partial charge in [-0.3, -0.25) is 0 Å². The van der Waals surface area contributed by atoms with Gasteiger partial charge in [0.15, 0.2) is 28.7 Å². The fraction of sp³-hybridized carbons (Fsp3) is 0. The molecule has 5 nitrogen and oxygen atoms in total. The van der Waals surface area contributed by atoms with Gasteiger partial charge in [-0.15, -0.1) is 0 Å². The van der Waals surface area contributed by atoms with E-state index < -0.39 is 0 Å². The Bertz CT molecular complexity index is 343. The highest BCUT2D eigenvalue weighted by Gasteiger charge is 2.20. The van der Waals surface area contributed by atoms with Crippen LogP contribution >= 0.6 is 0 Å². The molecule has 0 aliphatic carbocycles. The quantitative estimate of drug-likeness (QED) is 0.510. The molecule has 1 aromatic rings. The van der Waals surface area contributed by atoms with Crippen LogP contribution in [0.2, 0.25) is 0 Å². The van der Waals surface area contributed by atoms with Gasteiger partial charge in [0.2, 0.25) is 52.4 Å². The first-order chi connectivity index (χ1) is 7.73. The van der Waals surface area contributed by atoms with Crippen LogP contribution in [-0.2, 0) is 0 Å². The van der Waals surface area contributed by atoms with Crippen molar-refractivity contribution in [2.75, 3.05) is 0 Å². The molecule has 90 valence electrons. The third-order valence-corrected chi connectivity index (χ3v) is 4.28. The lowest BCUT2D eigenvalue weighted by Crippen LogP contribution is -2.02. The van der Waals surface area contributed by atoms with Crippen LogP contribution in [0.4, 0.5) is 0 Å². The Morgan fingerprint density at radius 2 is 0.938 bits per heavy atom. The highest BCUT2D eigenvalue weighted by molar-refractivity contribution is 6.06. The molecule has 0 aliphatic heterocycles. The van der Waals surface area contributed by atoms with Crippen molar-refractivity contribution < 1.29 is 22.1 Å². The molecular weight excluding hydrogens is 292 g/mol. The fourth-order valence-corrected chi connectivity index (χ4v) is 3.20. The van der Waals surface area contributed by atoms with Gasteiger partial charge in [0, 0.05) is 6.07 Å². The predicted molar refractivity (Wildman–Crippen MR) is 79.3 cm³/mol. The minimum Gasteiger partial charge on any atom is -0.551 e. The van der Waals surface area contributed by atoms with Gasteiger partial charge in [-0.25, -0.2) is 0 Å². The van der Waals surface area contributed by atoms with Gasteiger partial charge in [0.1, 0.15) is 0 Å². The van der Waals surface area contributed by atoms with Crippen molar-refractivity contribution in [3.8, 4) is 28.7 Å². The van der Waals surface area contributed by atoms with E-state index in [9.17, 15) is 0 Å². The van der Waals surface area contributed by atoms with E-state index in [-0.39, 0.29) is 0 Å². The SMILES string of the molecule is [SiH3]Oc1cc(O[SiH3])c(O[SiH3])c(O[SiH3])c1O[SiH3]. The van der Waals surface area contributed by atoms with Crippen molar-refractivity contribution in [3.05, 3.63) is 6.07 Å². The van der Waals surface area contributed by atoms with Gasteiger partial charge in [0.25, 0.3) is 0 Å². The molecule has 0 saturated heterocycles. The van der Waals surface area contributed by atoms with Gasteiger partial charge < -0.3 is 22.1 Å². The molecule has 0 atom stereocenters. The van der Waals surface area contributed by atoms with Crippen LogP contribution in [0.1, 0.15) is 0 Å². The molecule has 1 aromatic carbocycles. The van der Waals surface area contributed by atoms with E-state index >= 15 is 0 Å². The lowest BCUT2D eigenvalue weighted by molar-refractivity contribution is 0.461. The molecular formula is C6H16O5Si5. The van der Waals surface area contributed by atoms with Crippen LogP contribution in [0, 0.1) is 0 Å². The molecule has 0 saturated carbocycles. The number of hydrogen-bond acceptors (Lipinski definition) is 5. The second-order valence-corrected chi connectivity index (χ2v) is 4.92. The zero-order chi connectivity index (χ0) is 12.1. The predicted octanol–water partition coefficient (Wildman–Crippen LogP) is -5.02. The summed E-state index contributed by atoms with van der Waals surface area (Å²) in [5, 5.41) is 0. The third-order valence-electron chi connectivity index (χ3n) is 2.17. The molecule has 0 aromatic heterocycles. The summed E-state index contributed by atoms with van der Waals surface area (Å²) in [5.41, 5.74) is 0. The third kappa shape index (κ3) is 2.35. The molecule has 0 aliphatic rings. The van der Waals surface area contributed by atoms with Gasteiger partial charge in [-0.1, -0.05) is 0 Å². The summed E-state index contributed by atoms with van der Waals surface area (Å²) in [4.78, 5) is 0. The molecule has 0 spiro atoms. The largest absolute Gasteiger partial charge is 0.551 e. The Kier molecular flexibility index (Phi) is 5.13. The first-order valence-corrected chi connectivity index (χ1v) is 8.72. The molecule has 0 heterocycles. The van der Waals surface area contributed by atoms with Crippen molar-refractivity contribution in [2.24, 2.45) is 0 Å². The Balaban J connectivity index is 3.47. The van der Waals surface area contributed by atoms with Gasteiger partial charge in [-0.05, 0) is 0 Å². The van der Waals surface area contributed by atoms with Crippen molar-refractivity contribution >= 4 is 52.4 Å². The lowest BCUT2D eigenvalue weighted by atomic mass is 10.2. The summed E-state index contributed by atoms with van der Waals surface area (Å²) in [7, 11) is 2.91. The maximum Gasteiger partial charge on any atom is 0.204 e. The highest BCUT2D eigenvalue weighted by Crippen LogP contribution is 2.49. The summed E-state index contributed by atoms with van der Waals surface area (Å²) >= 11 is 0. The molecule has 0 N–H and O–H groups in total. The second kappa shape index (κ2) is 6.14. The number of rotatable bonds is 5. The molecule has 0 unspecified atom stereocenters. The van der Waals surface area contributed by atoms with Gasteiger partial charge in [0.05, 0.1) is 0 Å². The van der Waals surface area contributed by atoms with Crippen molar-refractivity contribution in [1.82, 2.24) is 0 Å². The van der Waals surface area contributed by atoms with Crippen molar-refractivity contribution in [3.63, 3.8) is 0 Å². The van der Waals surface area contributed by atoms with E-state index in [1.807, 2.05) is 6.07 Å². The highest BCUT2D eigenvalue weighted by atomic mass is 28.2. The average Bonchev–Trinajstić information content (AvgIpc) is 2.35. The Hall–Kier alpha value is -0.696. The van der Waals surface area contributed by atoms with E-state index in [0.717, 1.165) is 0 Å². The molecule has 0 amide bonds. The van der Waals surface area contributed by atoms with Crippen LogP contribution in [0.3, 0.4) is 0 Å². The lowest BCUT2D eigenvalue weighted by Gasteiger charge is -2.19. The zero-order valence-electron chi connectivity index (χ0n) is 10.1. The Morgan fingerprint density at radius 1 is 0.562 bits per heavy atom. The second-order valence-electron chi connectivity index (χ2n) is 2.88. The van der Waals surface area contributed by atoms with Crippen molar-refractivity contribution in [1.29, 1.82) is 0 Å². The smallest absolute Gasteiger partial charge is 0.204 e. The van der Waals surface area contributed by atoms with Crippen LogP contribution < -0.4 is 22.1 Å². The number of benzene rings is 1. The van der Waals surface area contributed by atoms with E-state index in [2.05, 4.69) is 0 Å². The van der Waals surface area contributed by atoms with E-state index in [1.54, 1.807) is 0 Å². The minimum atomic E-state index is 0.566. The minimum absolute atomic E-state index is 0.566. The first kappa shape index (κ1) is 13.4. The first-order valence-electron chi connectivity index (χ1n) is 4.64. The molecule has 10 heteroatoms. The van der Waals surface area contributed by atoms with Crippen LogP contribution in [-0.4, -0.2) is 52.4 Å². The van der Waals surface area contributed by atoms with Crippen LogP contribution in [0.25, 0.3) is 0 Å². The number of hydrogen-bond donors (Lipinski definition) is 0. The van der Waals surface area contributed by atoms with E-state index in [4.69, 9.17) is 22.1 Å². The van der Waals surface area contributed by atoms with Crippen molar-refractivity contribution in [2.45, 2.75) is 0 Å². The summed E-state index contributed by atoms with van der Waals surface area (Å²) in [6, 6.07) is 1.81. The standard InChI is InChI=1S/C6H16O5Si5/c12-7-2-1-3(8-13)5(10-15)6(11-16)4(2)9-14/h1H,12-16H3. The Morgan fingerprint density at radius 3 is 1.19 bits per heavy atom. The molecule has 0 fully saturated rings. The van der Waals surface area contributed by atoms with Gasteiger partial charge in [-0.2, -0.15) is 0 Å². The monoisotopic (exact) mass is 308 g/mol. The van der Waals surface area contributed by atoms with Gasteiger partial charge >= 0.3 is 0 Å². The molecule has 0 bridgehead atoms. The topological polar surface area (TPSA) is 46.2 Å². The average molecular weight is 309 g/mol. The summed E-state index contributed by atoms with van der Waals surface area (Å²) in [6.07, 6.45) is 0. The molecule has 0 radical (unpaired) electrons. The normalized spacial score (nSPS) is 10.5. The van der Waals surface area contributed by atoms with E-state index in [1.165, 1.54) is 0 Å². The summed E-state index contributed by atoms with van der Waals surface area (Å²) in [6.45, 7) is 0. The Labute approximate surface area is 109 Å². The maximum absolute atomic E-state index is 5.45. The summed E-state index contributed by atoms with van der Waals surface area (Å²) < 4.78 is 27.1. The molecule has 16 heavy (non-hydrogen) atoms. The fourth-order valence-electron chi connectivity index (χ4n) is 1.45. The van der Waals surface area contributed by atoms with Crippen LogP contribution in [0.15, 0.2) is 6.07 Å². The summed E-state index contributed by atoms with van der Waals surface area (Å²) in [5.74, 6) is 3.27. The van der Waals surface area contributed by atoms with Crippen LogP contribution in [0.5, 0.6) is 28.7 Å².